The summed E-state index contributed by atoms with van der Waals surface area (Å²) in [6.07, 6.45) is 0.704. The molecule has 2 aromatic heterocycles. The number of aromatic nitrogens is 3. The summed E-state index contributed by atoms with van der Waals surface area (Å²) in [6, 6.07) is 16.1. The molecule has 0 aliphatic carbocycles. The van der Waals surface area contributed by atoms with Gasteiger partial charge in [-0.15, -0.1) is 21.5 Å². The van der Waals surface area contributed by atoms with Crippen molar-refractivity contribution in [3.63, 3.8) is 0 Å². The van der Waals surface area contributed by atoms with Crippen LogP contribution in [0, 0.1) is 6.92 Å². The van der Waals surface area contributed by atoms with Gasteiger partial charge in [0.2, 0.25) is 11.0 Å². The molecule has 8 heteroatoms. The molecule has 2 heterocycles. The quantitative estimate of drug-likeness (QED) is 0.405. The van der Waals surface area contributed by atoms with Gasteiger partial charge in [-0.25, -0.2) is 4.98 Å². The number of para-hydroxylation sites is 1. The highest BCUT2D eigenvalue weighted by Gasteiger charge is 2.21. The molecule has 0 radical (unpaired) electrons. The van der Waals surface area contributed by atoms with Crippen LogP contribution in [0.15, 0.2) is 52.9 Å². The molecular formula is C20H18N4OS3. The summed E-state index contributed by atoms with van der Waals surface area (Å²) in [6.45, 7) is 4.05. The molecule has 5 nitrogen and oxygen atoms in total. The van der Waals surface area contributed by atoms with Crippen LogP contribution in [0.5, 0.6) is 0 Å². The Morgan fingerprint density at radius 2 is 1.89 bits per heavy atom. The van der Waals surface area contributed by atoms with Gasteiger partial charge in [-0.3, -0.25) is 10.1 Å². The first-order valence-corrected chi connectivity index (χ1v) is 11.4. The van der Waals surface area contributed by atoms with Crippen LogP contribution in [0.2, 0.25) is 0 Å². The summed E-state index contributed by atoms with van der Waals surface area (Å²) in [7, 11) is 0. The van der Waals surface area contributed by atoms with Crippen LogP contribution in [0.25, 0.3) is 20.8 Å². The summed E-state index contributed by atoms with van der Waals surface area (Å²) >= 11 is 4.49. The summed E-state index contributed by atoms with van der Waals surface area (Å²) < 4.78 is 2.04. The number of carbonyl (C=O) groups excluding carboxylic acids is 1. The highest BCUT2D eigenvalue weighted by molar-refractivity contribution is 8.02. The molecule has 1 unspecified atom stereocenters. The second kappa shape index (κ2) is 8.38. The Balaban J connectivity index is 1.45. The molecule has 0 aliphatic rings. The molecule has 1 N–H and O–H groups in total. The maximum absolute atomic E-state index is 12.7. The number of aryl methyl sites for hydroxylation is 1. The number of carbonyl (C=O) groups is 1. The molecule has 1 amide bonds. The first-order chi connectivity index (χ1) is 13.6. The highest BCUT2D eigenvalue weighted by atomic mass is 32.2. The zero-order chi connectivity index (χ0) is 19.5. The molecule has 0 saturated carbocycles. The molecule has 2 aromatic carbocycles. The molecule has 0 fully saturated rings. The Kier molecular flexibility index (Phi) is 5.70. The Hall–Kier alpha value is -2.29. The van der Waals surface area contributed by atoms with Crippen LogP contribution >= 0.6 is 34.4 Å². The third-order valence-corrected chi connectivity index (χ3v) is 7.52. The molecule has 1 atom stereocenters. The van der Waals surface area contributed by atoms with Crippen molar-refractivity contribution in [2.75, 3.05) is 5.32 Å². The third kappa shape index (κ3) is 4.24. The summed E-state index contributed by atoms with van der Waals surface area (Å²) in [5.74, 6) is -0.0710. The van der Waals surface area contributed by atoms with Crippen molar-refractivity contribution in [1.29, 1.82) is 0 Å². The van der Waals surface area contributed by atoms with Gasteiger partial charge in [-0.2, -0.15) is 0 Å². The Morgan fingerprint density at radius 3 is 2.64 bits per heavy atom. The zero-order valence-corrected chi connectivity index (χ0v) is 17.8. The number of fused-ring (bicyclic) bond motifs is 1. The number of thioether (sulfide) groups is 1. The molecule has 0 saturated heterocycles. The minimum atomic E-state index is -0.229. The van der Waals surface area contributed by atoms with E-state index in [4.69, 9.17) is 0 Å². The van der Waals surface area contributed by atoms with Crippen molar-refractivity contribution < 1.29 is 4.79 Å². The standard InChI is InChI=1S/C20H18N4OS3/c1-3-15(26-20-21-14-6-4-5-7-16(14)27-20)17(25)22-19-24-23-18(28-19)13-10-8-12(2)9-11-13/h4-11,15H,3H2,1-2H3,(H,22,24,25). The van der Waals surface area contributed by atoms with Gasteiger partial charge in [-0.05, 0) is 25.5 Å². The Labute approximate surface area is 175 Å². The third-order valence-electron chi connectivity index (χ3n) is 4.13. The number of thiazole rings is 1. The lowest BCUT2D eigenvalue weighted by atomic mass is 10.2. The SMILES string of the molecule is CCC(Sc1nc2ccccc2s1)C(=O)Nc1nnc(-c2ccc(C)cc2)s1. The van der Waals surface area contributed by atoms with Crippen LogP contribution in [0.3, 0.4) is 0 Å². The van der Waals surface area contributed by atoms with Gasteiger partial charge in [-0.1, -0.05) is 72.0 Å². The second-order valence-corrected chi connectivity index (χ2v) is 9.69. The Bertz CT molecular complexity index is 1070. The zero-order valence-electron chi connectivity index (χ0n) is 15.4. The lowest BCUT2D eigenvalue weighted by Gasteiger charge is -2.11. The topological polar surface area (TPSA) is 67.8 Å². The van der Waals surface area contributed by atoms with E-state index >= 15 is 0 Å². The monoisotopic (exact) mass is 426 g/mol. The van der Waals surface area contributed by atoms with Crippen molar-refractivity contribution in [1.82, 2.24) is 15.2 Å². The molecule has 28 heavy (non-hydrogen) atoms. The summed E-state index contributed by atoms with van der Waals surface area (Å²) in [5, 5.41) is 12.3. The fourth-order valence-electron chi connectivity index (χ4n) is 2.62. The van der Waals surface area contributed by atoms with E-state index in [0.29, 0.717) is 11.6 Å². The smallest absolute Gasteiger partial charge is 0.239 e. The average Bonchev–Trinajstić information content (AvgIpc) is 3.33. The van der Waals surface area contributed by atoms with Crippen molar-refractivity contribution in [3.8, 4) is 10.6 Å². The predicted octanol–water partition coefficient (Wildman–Crippen LogP) is 5.63. The van der Waals surface area contributed by atoms with Gasteiger partial charge in [0.1, 0.15) is 5.01 Å². The largest absolute Gasteiger partial charge is 0.300 e. The minimum Gasteiger partial charge on any atom is -0.300 e. The van der Waals surface area contributed by atoms with Gasteiger partial charge in [0.15, 0.2) is 4.34 Å². The van der Waals surface area contributed by atoms with Crippen molar-refractivity contribution in [2.24, 2.45) is 0 Å². The molecule has 4 rings (SSSR count). The van der Waals surface area contributed by atoms with Crippen LogP contribution in [0.4, 0.5) is 5.13 Å². The van der Waals surface area contributed by atoms with E-state index in [1.165, 1.54) is 28.7 Å². The van der Waals surface area contributed by atoms with Gasteiger partial charge in [0.25, 0.3) is 0 Å². The van der Waals surface area contributed by atoms with E-state index < -0.39 is 0 Å². The molecular weight excluding hydrogens is 408 g/mol. The molecule has 0 aliphatic heterocycles. The summed E-state index contributed by atoms with van der Waals surface area (Å²) in [5.41, 5.74) is 3.16. The van der Waals surface area contributed by atoms with E-state index in [1.54, 1.807) is 11.3 Å². The Morgan fingerprint density at radius 1 is 1.11 bits per heavy atom. The minimum absolute atomic E-state index is 0.0710. The fourth-order valence-corrected chi connectivity index (χ4v) is 5.60. The molecule has 4 aromatic rings. The highest BCUT2D eigenvalue weighted by Crippen LogP contribution is 2.34. The number of benzene rings is 2. The van der Waals surface area contributed by atoms with E-state index in [2.05, 4.69) is 20.5 Å². The van der Waals surface area contributed by atoms with Crippen molar-refractivity contribution >= 4 is 55.7 Å². The molecule has 142 valence electrons. The normalized spacial score (nSPS) is 12.2. The van der Waals surface area contributed by atoms with Crippen LogP contribution in [-0.4, -0.2) is 26.3 Å². The van der Waals surface area contributed by atoms with Gasteiger partial charge >= 0.3 is 0 Å². The number of hydrogen-bond acceptors (Lipinski definition) is 7. The van der Waals surface area contributed by atoms with Gasteiger partial charge in [0.05, 0.1) is 15.5 Å². The van der Waals surface area contributed by atoms with Crippen LogP contribution in [-0.2, 0) is 4.79 Å². The average molecular weight is 427 g/mol. The van der Waals surface area contributed by atoms with Gasteiger partial charge < -0.3 is 0 Å². The lowest BCUT2D eigenvalue weighted by molar-refractivity contribution is -0.115. The maximum Gasteiger partial charge on any atom is 0.239 e. The number of anilines is 1. The number of amides is 1. The van der Waals surface area contributed by atoms with E-state index in [-0.39, 0.29) is 11.2 Å². The lowest BCUT2D eigenvalue weighted by Crippen LogP contribution is -2.24. The van der Waals surface area contributed by atoms with Crippen LogP contribution < -0.4 is 5.32 Å². The fraction of sp³-hybridized carbons (Fsp3) is 0.200. The van der Waals surface area contributed by atoms with Crippen molar-refractivity contribution in [3.05, 3.63) is 54.1 Å². The molecule has 0 spiro atoms. The maximum atomic E-state index is 12.7. The van der Waals surface area contributed by atoms with E-state index in [0.717, 1.165) is 25.1 Å². The number of hydrogen-bond donors (Lipinski definition) is 1. The number of rotatable bonds is 6. The number of nitrogens with zero attached hydrogens (tertiary/aromatic N) is 3. The van der Waals surface area contributed by atoms with E-state index in [9.17, 15) is 4.79 Å². The van der Waals surface area contributed by atoms with Gasteiger partial charge in [0, 0.05) is 5.56 Å². The van der Waals surface area contributed by atoms with E-state index in [1.807, 2.05) is 62.4 Å². The second-order valence-electron chi connectivity index (χ2n) is 6.23. The first-order valence-electron chi connectivity index (χ1n) is 8.86. The molecule has 0 bridgehead atoms. The first kappa shape index (κ1) is 19.0. The number of nitrogens with one attached hydrogen (secondary N) is 1. The predicted molar refractivity (Wildman–Crippen MR) is 118 cm³/mol. The van der Waals surface area contributed by atoms with Crippen LogP contribution in [0.1, 0.15) is 18.9 Å². The van der Waals surface area contributed by atoms with Crippen molar-refractivity contribution in [2.45, 2.75) is 29.9 Å². The summed E-state index contributed by atoms with van der Waals surface area (Å²) in [4.78, 5) is 17.4.